The maximum atomic E-state index is 12.2. The molecule has 120 valence electrons. The molecule has 1 rings (SSSR count). The number of benzene rings is 1. The van der Waals surface area contributed by atoms with E-state index >= 15 is 0 Å². The van der Waals surface area contributed by atoms with Crippen molar-refractivity contribution < 1.29 is 13.2 Å². The highest BCUT2D eigenvalue weighted by molar-refractivity contribution is 7.89. The Bertz CT molecular complexity index is 542. The van der Waals surface area contributed by atoms with Gasteiger partial charge in [-0.15, -0.1) is 0 Å². The van der Waals surface area contributed by atoms with Crippen molar-refractivity contribution in [3.63, 3.8) is 0 Å². The highest BCUT2D eigenvalue weighted by Crippen LogP contribution is 2.23. The van der Waals surface area contributed by atoms with E-state index in [4.69, 9.17) is 4.74 Å². The van der Waals surface area contributed by atoms with Crippen LogP contribution in [0.3, 0.4) is 0 Å². The molecule has 0 saturated carbocycles. The summed E-state index contributed by atoms with van der Waals surface area (Å²) in [4.78, 5) is 0.275. The van der Waals surface area contributed by atoms with Crippen molar-refractivity contribution in [1.82, 2.24) is 10.0 Å². The number of hydrogen-bond donors (Lipinski definition) is 2. The van der Waals surface area contributed by atoms with Crippen molar-refractivity contribution >= 4 is 10.0 Å². The van der Waals surface area contributed by atoms with Gasteiger partial charge in [0.1, 0.15) is 5.75 Å². The highest BCUT2D eigenvalue weighted by atomic mass is 32.2. The molecule has 1 aromatic rings. The third-order valence-corrected chi connectivity index (χ3v) is 4.27. The molecule has 0 heterocycles. The molecule has 5 nitrogen and oxygen atoms in total. The summed E-state index contributed by atoms with van der Waals surface area (Å²) in [6, 6.07) is 4.99. The molecule has 0 atom stereocenters. The quantitative estimate of drug-likeness (QED) is 0.733. The van der Waals surface area contributed by atoms with Crippen LogP contribution in [0.5, 0.6) is 5.75 Å². The Morgan fingerprint density at radius 2 is 2.00 bits per heavy atom. The third kappa shape index (κ3) is 5.65. The van der Waals surface area contributed by atoms with Gasteiger partial charge in [0, 0.05) is 18.7 Å². The van der Waals surface area contributed by atoms with Gasteiger partial charge >= 0.3 is 0 Å². The minimum Gasteiger partial charge on any atom is -0.493 e. The summed E-state index contributed by atoms with van der Waals surface area (Å²) < 4.78 is 32.8. The fourth-order valence-electron chi connectivity index (χ4n) is 1.76. The average Bonchev–Trinajstić information content (AvgIpc) is 2.44. The van der Waals surface area contributed by atoms with Crippen molar-refractivity contribution in [3.8, 4) is 5.75 Å². The number of hydrogen-bond acceptors (Lipinski definition) is 4. The van der Waals surface area contributed by atoms with Crippen molar-refractivity contribution in [1.29, 1.82) is 0 Å². The van der Waals surface area contributed by atoms with Crippen LogP contribution in [-0.4, -0.2) is 28.6 Å². The van der Waals surface area contributed by atoms with Crippen molar-refractivity contribution in [2.24, 2.45) is 5.92 Å². The molecule has 1 aromatic carbocycles. The molecular formula is C15H26N2O3S. The molecule has 0 fully saturated rings. The monoisotopic (exact) mass is 314 g/mol. The van der Waals surface area contributed by atoms with Crippen LogP contribution in [0.1, 0.15) is 32.8 Å². The SMILES string of the molecule is CCCOc1ccc(S(=O)(=O)NCC(C)C)cc1CNC. The van der Waals surface area contributed by atoms with Crippen molar-refractivity contribution in [2.75, 3.05) is 20.2 Å². The zero-order chi connectivity index (χ0) is 15.9. The van der Waals surface area contributed by atoms with E-state index in [1.807, 2.05) is 27.8 Å². The van der Waals surface area contributed by atoms with Crippen LogP contribution < -0.4 is 14.8 Å². The van der Waals surface area contributed by atoms with Gasteiger partial charge in [-0.1, -0.05) is 20.8 Å². The van der Waals surface area contributed by atoms with Gasteiger partial charge < -0.3 is 10.1 Å². The fourth-order valence-corrected chi connectivity index (χ4v) is 3.03. The van der Waals surface area contributed by atoms with E-state index in [1.165, 1.54) is 0 Å². The second-order valence-electron chi connectivity index (χ2n) is 5.39. The predicted octanol–water partition coefficient (Wildman–Crippen LogP) is 2.13. The van der Waals surface area contributed by atoms with Gasteiger partial charge in [-0.05, 0) is 37.6 Å². The largest absolute Gasteiger partial charge is 0.493 e. The third-order valence-electron chi connectivity index (χ3n) is 2.85. The maximum absolute atomic E-state index is 12.2. The summed E-state index contributed by atoms with van der Waals surface area (Å²) in [6.45, 7) is 7.58. The Kier molecular flexibility index (Phi) is 7.14. The molecule has 0 bridgehead atoms. The van der Waals surface area contributed by atoms with Gasteiger partial charge in [-0.25, -0.2) is 13.1 Å². The minimum atomic E-state index is -3.47. The van der Waals surface area contributed by atoms with Crippen molar-refractivity contribution in [2.45, 2.75) is 38.6 Å². The standard InChI is InChI=1S/C15H26N2O3S/c1-5-8-20-15-7-6-14(9-13(15)11-16-4)21(18,19)17-10-12(2)3/h6-7,9,12,16-17H,5,8,10-11H2,1-4H3. The molecule has 0 spiro atoms. The molecule has 0 aromatic heterocycles. The summed E-state index contributed by atoms with van der Waals surface area (Å²) in [7, 11) is -1.65. The molecule has 0 aliphatic rings. The van der Waals surface area contributed by atoms with E-state index in [2.05, 4.69) is 10.0 Å². The van der Waals surface area contributed by atoms with E-state index in [0.29, 0.717) is 19.7 Å². The van der Waals surface area contributed by atoms with Gasteiger partial charge in [-0.2, -0.15) is 0 Å². The van der Waals surface area contributed by atoms with Crippen molar-refractivity contribution in [3.05, 3.63) is 23.8 Å². The second-order valence-corrected chi connectivity index (χ2v) is 7.16. The Morgan fingerprint density at radius 3 is 2.57 bits per heavy atom. The lowest BCUT2D eigenvalue weighted by Crippen LogP contribution is -2.27. The Hall–Kier alpha value is -1.11. The first kappa shape index (κ1) is 17.9. The van der Waals surface area contributed by atoms with Gasteiger partial charge in [-0.3, -0.25) is 0 Å². The van der Waals surface area contributed by atoms with E-state index in [-0.39, 0.29) is 10.8 Å². The molecule has 0 aliphatic heterocycles. The van der Waals surface area contributed by atoms with E-state index in [1.54, 1.807) is 18.2 Å². The van der Waals surface area contributed by atoms with Gasteiger partial charge in [0.25, 0.3) is 0 Å². The number of ether oxygens (including phenoxy) is 1. The van der Waals surface area contributed by atoms with Crippen LogP contribution >= 0.6 is 0 Å². The van der Waals surface area contributed by atoms with Crippen LogP contribution in [-0.2, 0) is 16.6 Å². The maximum Gasteiger partial charge on any atom is 0.240 e. The Morgan fingerprint density at radius 1 is 1.29 bits per heavy atom. The minimum absolute atomic E-state index is 0.267. The smallest absolute Gasteiger partial charge is 0.240 e. The first-order chi connectivity index (χ1) is 9.90. The van der Waals surface area contributed by atoms with Crippen LogP contribution in [0.4, 0.5) is 0 Å². The zero-order valence-electron chi connectivity index (χ0n) is 13.3. The topological polar surface area (TPSA) is 67.4 Å². The lowest BCUT2D eigenvalue weighted by molar-refractivity contribution is 0.313. The normalized spacial score (nSPS) is 11.9. The van der Waals surface area contributed by atoms with E-state index < -0.39 is 10.0 Å². The van der Waals surface area contributed by atoms with Crippen LogP contribution in [0.15, 0.2) is 23.1 Å². The average molecular weight is 314 g/mol. The Labute approximate surface area is 128 Å². The summed E-state index contributed by atoms with van der Waals surface area (Å²) >= 11 is 0. The molecule has 0 radical (unpaired) electrons. The molecule has 2 N–H and O–H groups in total. The summed E-state index contributed by atoms with van der Waals surface area (Å²) in [5.74, 6) is 0.998. The summed E-state index contributed by atoms with van der Waals surface area (Å²) in [6.07, 6.45) is 0.912. The van der Waals surface area contributed by atoms with Gasteiger partial charge in [0.15, 0.2) is 0 Å². The molecular weight excluding hydrogens is 288 g/mol. The summed E-state index contributed by atoms with van der Waals surface area (Å²) in [5.41, 5.74) is 0.846. The molecule has 21 heavy (non-hydrogen) atoms. The van der Waals surface area contributed by atoms with Crippen LogP contribution in [0.2, 0.25) is 0 Å². The molecule has 0 unspecified atom stereocenters. The van der Waals surface area contributed by atoms with Crippen LogP contribution in [0, 0.1) is 5.92 Å². The lowest BCUT2D eigenvalue weighted by atomic mass is 10.2. The van der Waals surface area contributed by atoms with Gasteiger partial charge in [0.05, 0.1) is 11.5 Å². The number of sulfonamides is 1. The molecule has 6 heteroatoms. The predicted molar refractivity (Wildman–Crippen MR) is 85.0 cm³/mol. The van der Waals surface area contributed by atoms with Crippen LogP contribution in [0.25, 0.3) is 0 Å². The van der Waals surface area contributed by atoms with Gasteiger partial charge in [0.2, 0.25) is 10.0 Å². The fraction of sp³-hybridized carbons (Fsp3) is 0.600. The number of rotatable bonds is 9. The highest BCUT2D eigenvalue weighted by Gasteiger charge is 2.16. The molecule has 0 aliphatic carbocycles. The first-order valence-electron chi connectivity index (χ1n) is 7.30. The lowest BCUT2D eigenvalue weighted by Gasteiger charge is -2.14. The van der Waals surface area contributed by atoms with E-state index in [9.17, 15) is 8.42 Å². The second kappa shape index (κ2) is 8.36. The zero-order valence-corrected chi connectivity index (χ0v) is 14.1. The number of nitrogens with one attached hydrogen (secondary N) is 2. The first-order valence-corrected chi connectivity index (χ1v) is 8.79. The Balaban J connectivity index is 3.00. The molecule has 0 amide bonds. The van der Waals surface area contributed by atoms with E-state index in [0.717, 1.165) is 17.7 Å². The molecule has 0 saturated heterocycles. The summed E-state index contributed by atoms with van der Waals surface area (Å²) in [5, 5.41) is 3.03.